The van der Waals surface area contributed by atoms with E-state index in [4.69, 9.17) is 4.74 Å². The summed E-state index contributed by atoms with van der Waals surface area (Å²) in [7, 11) is 1.60. The molecule has 20 heavy (non-hydrogen) atoms. The second-order valence-electron chi connectivity index (χ2n) is 4.78. The molecule has 0 bridgehead atoms. The van der Waals surface area contributed by atoms with Crippen LogP contribution < -0.4 is 10.1 Å². The molecule has 0 saturated carbocycles. The molecular weight excluding hydrogens is 252 g/mol. The summed E-state index contributed by atoms with van der Waals surface area (Å²) in [6, 6.07) is 5.73. The Morgan fingerprint density at radius 3 is 2.60 bits per heavy atom. The highest BCUT2D eigenvalue weighted by atomic mass is 16.5. The molecule has 0 aliphatic rings. The number of pyridine rings is 1. The molecule has 2 aromatic heterocycles. The lowest BCUT2D eigenvalue weighted by Gasteiger charge is -2.11. The number of hydrogen-bond donors (Lipinski definition) is 1. The third-order valence-electron chi connectivity index (χ3n) is 2.90. The fraction of sp³-hybridized carbons (Fsp3) is 0.400. The summed E-state index contributed by atoms with van der Waals surface area (Å²) in [6.07, 6.45) is 1.73. The zero-order valence-electron chi connectivity index (χ0n) is 12.3. The molecule has 2 aromatic rings. The van der Waals surface area contributed by atoms with Crippen molar-refractivity contribution in [2.45, 2.75) is 26.7 Å². The van der Waals surface area contributed by atoms with Crippen LogP contribution in [0.15, 0.2) is 24.4 Å². The summed E-state index contributed by atoms with van der Waals surface area (Å²) >= 11 is 0. The Hall–Kier alpha value is -2.17. The van der Waals surface area contributed by atoms with Gasteiger partial charge in [-0.3, -0.25) is 0 Å². The first-order valence-corrected chi connectivity index (χ1v) is 6.77. The lowest BCUT2D eigenvalue weighted by atomic mass is 10.1. The van der Waals surface area contributed by atoms with Crippen LogP contribution in [0.5, 0.6) is 5.88 Å². The molecule has 5 heteroatoms. The number of anilines is 1. The first-order valence-electron chi connectivity index (χ1n) is 6.77. The maximum Gasteiger partial charge on any atom is 0.212 e. The summed E-state index contributed by atoms with van der Waals surface area (Å²) < 4.78 is 5.07. The average Bonchev–Trinajstić information content (AvgIpc) is 2.47. The lowest BCUT2D eigenvalue weighted by Crippen LogP contribution is -2.05. The van der Waals surface area contributed by atoms with Crippen molar-refractivity contribution in [3.8, 4) is 17.3 Å². The van der Waals surface area contributed by atoms with Crippen molar-refractivity contribution in [3.63, 3.8) is 0 Å². The molecule has 0 aliphatic carbocycles. The predicted molar refractivity (Wildman–Crippen MR) is 80.1 cm³/mol. The van der Waals surface area contributed by atoms with Gasteiger partial charge in [0.15, 0.2) is 5.82 Å². The van der Waals surface area contributed by atoms with Crippen molar-refractivity contribution in [3.05, 3.63) is 30.1 Å². The van der Waals surface area contributed by atoms with Crippen molar-refractivity contribution in [1.82, 2.24) is 15.0 Å². The standard InChI is InChI=1S/C15H20N4O/c1-5-16-13-8-12(10(2)3)18-15(19-13)11-6-7-14(20-4)17-9-11/h6-10H,5H2,1-4H3,(H,16,18,19). The first-order chi connectivity index (χ1) is 9.63. The highest BCUT2D eigenvalue weighted by Crippen LogP contribution is 2.22. The minimum absolute atomic E-state index is 0.348. The highest BCUT2D eigenvalue weighted by molar-refractivity contribution is 5.57. The SMILES string of the molecule is CCNc1cc(C(C)C)nc(-c2ccc(OC)nc2)n1. The lowest BCUT2D eigenvalue weighted by molar-refractivity contribution is 0.398. The summed E-state index contributed by atoms with van der Waals surface area (Å²) in [5.41, 5.74) is 1.90. The van der Waals surface area contributed by atoms with Crippen molar-refractivity contribution in [1.29, 1.82) is 0 Å². The maximum absolute atomic E-state index is 5.07. The van der Waals surface area contributed by atoms with Gasteiger partial charge in [0, 0.05) is 36.1 Å². The van der Waals surface area contributed by atoms with Gasteiger partial charge in [-0.25, -0.2) is 15.0 Å². The zero-order chi connectivity index (χ0) is 14.5. The number of nitrogens with one attached hydrogen (secondary N) is 1. The number of ether oxygens (including phenoxy) is 1. The van der Waals surface area contributed by atoms with Gasteiger partial charge >= 0.3 is 0 Å². The van der Waals surface area contributed by atoms with Gasteiger partial charge in [-0.1, -0.05) is 13.8 Å². The fourth-order valence-electron chi connectivity index (χ4n) is 1.80. The second kappa shape index (κ2) is 6.32. The molecule has 0 aromatic carbocycles. The van der Waals surface area contributed by atoms with Crippen LogP contribution in [-0.2, 0) is 0 Å². The van der Waals surface area contributed by atoms with Crippen LogP contribution in [0.3, 0.4) is 0 Å². The molecule has 106 valence electrons. The Balaban J connectivity index is 2.42. The van der Waals surface area contributed by atoms with E-state index in [1.165, 1.54) is 0 Å². The summed E-state index contributed by atoms with van der Waals surface area (Å²) in [6.45, 7) is 7.11. The number of methoxy groups -OCH3 is 1. The Bertz CT molecular complexity index is 567. The topological polar surface area (TPSA) is 59.9 Å². The molecule has 0 radical (unpaired) electrons. The Kier molecular flexibility index (Phi) is 4.50. The quantitative estimate of drug-likeness (QED) is 0.906. The van der Waals surface area contributed by atoms with E-state index in [2.05, 4.69) is 34.1 Å². The monoisotopic (exact) mass is 272 g/mol. The average molecular weight is 272 g/mol. The maximum atomic E-state index is 5.07. The van der Waals surface area contributed by atoms with E-state index < -0.39 is 0 Å². The third kappa shape index (κ3) is 3.23. The van der Waals surface area contributed by atoms with Crippen LogP contribution in [0, 0.1) is 0 Å². The molecular formula is C15H20N4O. The van der Waals surface area contributed by atoms with Crippen LogP contribution in [0.1, 0.15) is 32.4 Å². The first kappa shape index (κ1) is 14.2. The van der Waals surface area contributed by atoms with E-state index in [-0.39, 0.29) is 0 Å². The summed E-state index contributed by atoms with van der Waals surface area (Å²) in [4.78, 5) is 13.3. The van der Waals surface area contributed by atoms with Crippen LogP contribution in [-0.4, -0.2) is 28.6 Å². The van der Waals surface area contributed by atoms with Gasteiger partial charge in [-0.05, 0) is 18.9 Å². The minimum Gasteiger partial charge on any atom is -0.481 e. The van der Waals surface area contributed by atoms with Gasteiger partial charge in [-0.15, -0.1) is 0 Å². The van der Waals surface area contributed by atoms with E-state index in [1.54, 1.807) is 13.3 Å². The molecule has 1 N–H and O–H groups in total. The van der Waals surface area contributed by atoms with Gasteiger partial charge in [0.25, 0.3) is 0 Å². The molecule has 0 atom stereocenters. The molecule has 0 fully saturated rings. The van der Waals surface area contributed by atoms with E-state index in [0.717, 1.165) is 23.6 Å². The molecule has 0 spiro atoms. The normalized spacial score (nSPS) is 10.7. The van der Waals surface area contributed by atoms with Crippen molar-refractivity contribution in [2.24, 2.45) is 0 Å². The highest BCUT2D eigenvalue weighted by Gasteiger charge is 2.09. The summed E-state index contributed by atoms with van der Waals surface area (Å²) in [5, 5.41) is 3.24. The van der Waals surface area contributed by atoms with Crippen LogP contribution in [0.2, 0.25) is 0 Å². The molecule has 5 nitrogen and oxygen atoms in total. The predicted octanol–water partition coefficient (Wildman–Crippen LogP) is 3.10. The van der Waals surface area contributed by atoms with E-state index in [0.29, 0.717) is 17.6 Å². The van der Waals surface area contributed by atoms with Gasteiger partial charge in [0.05, 0.1) is 7.11 Å². The van der Waals surface area contributed by atoms with Crippen LogP contribution in [0.4, 0.5) is 5.82 Å². The number of aromatic nitrogens is 3. The third-order valence-corrected chi connectivity index (χ3v) is 2.90. The van der Waals surface area contributed by atoms with Gasteiger partial charge in [0.1, 0.15) is 5.82 Å². The Morgan fingerprint density at radius 2 is 2.05 bits per heavy atom. The number of hydrogen-bond acceptors (Lipinski definition) is 5. The van der Waals surface area contributed by atoms with Crippen molar-refractivity contribution in [2.75, 3.05) is 19.0 Å². The smallest absolute Gasteiger partial charge is 0.212 e. The number of rotatable bonds is 5. The molecule has 2 heterocycles. The van der Waals surface area contributed by atoms with Crippen molar-refractivity contribution >= 4 is 5.82 Å². The van der Waals surface area contributed by atoms with Crippen LogP contribution in [0.25, 0.3) is 11.4 Å². The molecule has 0 aliphatic heterocycles. The van der Waals surface area contributed by atoms with Crippen molar-refractivity contribution < 1.29 is 4.74 Å². The van der Waals surface area contributed by atoms with E-state index >= 15 is 0 Å². The number of nitrogens with zero attached hydrogens (tertiary/aromatic N) is 3. The fourth-order valence-corrected chi connectivity index (χ4v) is 1.80. The van der Waals surface area contributed by atoms with Crippen LogP contribution >= 0.6 is 0 Å². The summed E-state index contributed by atoms with van der Waals surface area (Å²) in [5.74, 6) is 2.46. The molecule has 0 unspecified atom stereocenters. The zero-order valence-corrected chi connectivity index (χ0v) is 12.3. The second-order valence-corrected chi connectivity index (χ2v) is 4.78. The Morgan fingerprint density at radius 1 is 1.25 bits per heavy atom. The van der Waals surface area contributed by atoms with E-state index in [1.807, 2.05) is 25.1 Å². The minimum atomic E-state index is 0.348. The van der Waals surface area contributed by atoms with Gasteiger partial charge in [-0.2, -0.15) is 0 Å². The Labute approximate surface area is 119 Å². The van der Waals surface area contributed by atoms with Gasteiger partial charge in [0.2, 0.25) is 5.88 Å². The van der Waals surface area contributed by atoms with E-state index in [9.17, 15) is 0 Å². The van der Waals surface area contributed by atoms with Gasteiger partial charge < -0.3 is 10.1 Å². The molecule has 2 rings (SSSR count). The largest absolute Gasteiger partial charge is 0.481 e. The molecule has 0 amide bonds. The molecule has 0 saturated heterocycles.